The molecule has 0 unspecified atom stereocenters. The second kappa shape index (κ2) is 11.8. The zero-order valence-electron chi connectivity index (χ0n) is 22.4. The molecule has 0 spiro atoms. The van der Waals surface area contributed by atoms with Crippen LogP contribution in [0, 0.1) is 0 Å². The third kappa shape index (κ3) is 6.87. The van der Waals surface area contributed by atoms with Gasteiger partial charge in [0.2, 0.25) is 0 Å². The third-order valence-electron chi connectivity index (χ3n) is 6.69. The summed E-state index contributed by atoms with van der Waals surface area (Å²) >= 11 is 0. The molecule has 0 N–H and O–H groups in total. The molecule has 1 aliphatic rings. The van der Waals surface area contributed by atoms with Crippen LogP contribution in [0.3, 0.4) is 0 Å². The molecule has 1 aliphatic heterocycles. The van der Waals surface area contributed by atoms with Gasteiger partial charge >= 0.3 is 33.9 Å². The second-order valence-electron chi connectivity index (χ2n) is 9.52. The van der Waals surface area contributed by atoms with Gasteiger partial charge < -0.3 is 13.7 Å². The van der Waals surface area contributed by atoms with Crippen LogP contribution in [0.5, 0.6) is 5.75 Å². The topological polar surface area (TPSA) is 99.2 Å². The second-order valence-corrected chi connectivity index (χ2v) is 11.1. The average Bonchev–Trinajstić information content (AvgIpc) is 3.21. The number of rotatable bonds is 8. The van der Waals surface area contributed by atoms with Crippen LogP contribution in [-0.2, 0) is 43.5 Å². The number of nitrogens with zero attached hydrogens (tertiary/aromatic N) is 1. The number of esters is 1. The lowest BCUT2D eigenvalue weighted by Gasteiger charge is -2.24. The Balaban J connectivity index is 1.85. The van der Waals surface area contributed by atoms with E-state index in [1.54, 1.807) is 37.3 Å². The van der Waals surface area contributed by atoms with Gasteiger partial charge in [-0.1, -0.05) is 42.5 Å². The van der Waals surface area contributed by atoms with E-state index in [4.69, 9.17) is 4.74 Å². The normalized spacial score (nSPS) is 17.5. The van der Waals surface area contributed by atoms with E-state index in [9.17, 15) is 44.3 Å². The van der Waals surface area contributed by atoms with E-state index < -0.39 is 70.3 Å². The molecule has 43 heavy (non-hydrogen) atoms. The summed E-state index contributed by atoms with van der Waals surface area (Å²) in [5.74, 6) is -1.62. The number of benzene rings is 3. The largest absolute Gasteiger partial charge is 0.534 e. The monoisotopic (exact) mass is 631 g/mol. The number of carbonyl (C=O) groups excluding carboxylic acids is 2. The summed E-state index contributed by atoms with van der Waals surface area (Å²) in [6.07, 6.45) is -6.88. The molecule has 8 nitrogen and oxygen atoms in total. The fourth-order valence-corrected chi connectivity index (χ4v) is 5.00. The molecule has 1 amide bonds. The molecule has 0 bridgehead atoms. The maximum absolute atomic E-state index is 13.7. The molecule has 0 aliphatic carbocycles. The summed E-state index contributed by atoms with van der Waals surface area (Å²) in [6.45, 7) is 1.10. The van der Waals surface area contributed by atoms with Crippen molar-refractivity contribution in [2.45, 2.75) is 43.7 Å². The zero-order chi connectivity index (χ0) is 31.7. The fourth-order valence-electron chi connectivity index (χ4n) is 4.52. The molecule has 1 fully saturated rings. The summed E-state index contributed by atoms with van der Waals surface area (Å²) in [4.78, 5) is 25.9. The minimum Gasteiger partial charge on any atom is -0.469 e. The van der Waals surface area contributed by atoms with Gasteiger partial charge in [-0.3, -0.25) is 9.69 Å². The molecule has 1 heterocycles. The van der Waals surface area contributed by atoms with Crippen LogP contribution in [0.2, 0.25) is 0 Å². The van der Waals surface area contributed by atoms with Crippen LogP contribution >= 0.6 is 0 Å². The summed E-state index contributed by atoms with van der Waals surface area (Å²) in [6, 6.07) is 13.2. The standard InChI is InChI=1S/C28H23F6NO7S/c1-16-25(18-6-4-3-5-7-18)41-26(37)35(16)15-19-14-20(27(29,30)31)9-10-21(19)22-12-17(13-24(36)40-2)8-11-23(22)42-43(38,39)28(32,33)34/h3-12,14,16,25H,13,15H2,1-2H3/t16-,25-/m0/s1. The number of alkyl halides is 6. The highest BCUT2D eigenvalue weighted by Gasteiger charge is 2.49. The van der Waals surface area contributed by atoms with Crippen molar-refractivity contribution in [3.05, 3.63) is 89.0 Å². The predicted octanol–water partition coefficient (Wildman–Crippen LogP) is 6.40. The highest BCUT2D eigenvalue weighted by molar-refractivity contribution is 7.88. The number of ether oxygens (including phenoxy) is 2. The Bertz CT molecular complexity index is 1620. The molecule has 15 heteroatoms. The van der Waals surface area contributed by atoms with Gasteiger partial charge in [0, 0.05) is 5.56 Å². The first-order valence-corrected chi connectivity index (χ1v) is 13.9. The van der Waals surface area contributed by atoms with Gasteiger partial charge in [0.25, 0.3) is 0 Å². The van der Waals surface area contributed by atoms with Crippen molar-refractivity contribution in [2.24, 2.45) is 0 Å². The smallest absolute Gasteiger partial charge is 0.469 e. The molecule has 0 aromatic heterocycles. The van der Waals surface area contributed by atoms with Crippen molar-refractivity contribution in [1.29, 1.82) is 0 Å². The van der Waals surface area contributed by atoms with Crippen LogP contribution in [0.4, 0.5) is 31.1 Å². The predicted molar refractivity (Wildman–Crippen MR) is 139 cm³/mol. The third-order valence-corrected chi connectivity index (χ3v) is 7.65. The van der Waals surface area contributed by atoms with E-state index in [2.05, 4.69) is 8.92 Å². The van der Waals surface area contributed by atoms with E-state index in [0.29, 0.717) is 17.7 Å². The lowest BCUT2D eigenvalue weighted by molar-refractivity contribution is -0.140. The number of carbonyl (C=O) groups is 2. The van der Waals surface area contributed by atoms with Crippen LogP contribution in [-0.4, -0.2) is 44.0 Å². The maximum atomic E-state index is 13.7. The Kier molecular flexibility index (Phi) is 8.67. The Morgan fingerprint density at radius 1 is 0.953 bits per heavy atom. The van der Waals surface area contributed by atoms with Crippen molar-refractivity contribution in [3.63, 3.8) is 0 Å². The van der Waals surface area contributed by atoms with Gasteiger partial charge in [0.05, 0.1) is 31.7 Å². The Morgan fingerprint density at radius 3 is 2.23 bits per heavy atom. The molecular weight excluding hydrogens is 608 g/mol. The SMILES string of the molecule is COC(=O)Cc1ccc(OS(=O)(=O)C(F)(F)F)c(-c2ccc(C(F)(F)F)cc2CN2C(=O)O[C@H](c3ccccc3)[C@@H]2C)c1. The highest BCUT2D eigenvalue weighted by atomic mass is 32.2. The number of amides is 1. The van der Waals surface area contributed by atoms with Crippen molar-refractivity contribution in [1.82, 2.24) is 4.90 Å². The fraction of sp³-hybridized carbons (Fsp3) is 0.286. The van der Waals surface area contributed by atoms with E-state index in [1.807, 2.05) is 0 Å². The van der Waals surface area contributed by atoms with E-state index >= 15 is 0 Å². The van der Waals surface area contributed by atoms with Crippen molar-refractivity contribution >= 4 is 22.2 Å². The average molecular weight is 632 g/mol. The Morgan fingerprint density at radius 2 is 1.63 bits per heavy atom. The van der Waals surface area contributed by atoms with E-state index in [0.717, 1.165) is 36.3 Å². The molecule has 1 saturated heterocycles. The quantitative estimate of drug-likeness (QED) is 0.123. The van der Waals surface area contributed by atoms with Gasteiger partial charge in [0.15, 0.2) is 5.75 Å². The summed E-state index contributed by atoms with van der Waals surface area (Å²) in [7, 11) is -5.11. The molecule has 0 saturated carbocycles. The van der Waals surface area contributed by atoms with Crippen molar-refractivity contribution in [2.75, 3.05) is 7.11 Å². The van der Waals surface area contributed by atoms with Gasteiger partial charge in [0.1, 0.15) is 6.10 Å². The maximum Gasteiger partial charge on any atom is 0.534 e. The number of cyclic esters (lactones) is 1. The summed E-state index contributed by atoms with van der Waals surface area (Å²) in [5, 5.41) is 0. The van der Waals surface area contributed by atoms with E-state index in [1.165, 1.54) is 0 Å². The number of methoxy groups -OCH3 is 1. The minimum atomic E-state index is -6.20. The van der Waals surface area contributed by atoms with Gasteiger partial charge in [-0.25, -0.2) is 4.79 Å². The molecule has 3 aromatic rings. The van der Waals surface area contributed by atoms with Gasteiger partial charge in [-0.05, 0) is 53.4 Å². The number of halogens is 6. The molecule has 3 aromatic carbocycles. The van der Waals surface area contributed by atoms with Crippen LogP contribution in [0.1, 0.15) is 35.3 Å². The van der Waals surface area contributed by atoms with Gasteiger partial charge in [-0.2, -0.15) is 34.8 Å². The molecule has 4 rings (SSSR count). The lowest BCUT2D eigenvalue weighted by Crippen LogP contribution is -2.31. The zero-order valence-corrected chi connectivity index (χ0v) is 23.2. The summed E-state index contributed by atoms with van der Waals surface area (Å²) < 4.78 is 119. The molecule has 2 atom stereocenters. The number of hydrogen-bond donors (Lipinski definition) is 0. The van der Waals surface area contributed by atoms with Crippen LogP contribution in [0.15, 0.2) is 66.7 Å². The van der Waals surface area contributed by atoms with Crippen molar-refractivity contribution in [3.8, 4) is 16.9 Å². The lowest BCUT2D eigenvalue weighted by atomic mass is 9.94. The molecule has 230 valence electrons. The Hall–Kier alpha value is -4.27. The first-order valence-electron chi connectivity index (χ1n) is 12.4. The number of hydrogen-bond acceptors (Lipinski definition) is 7. The van der Waals surface area contributed by atoms with E-state index in [-0.39, 0.29) is 22.3 Å². The van der Waals surface area contributed by atoms with Crippen LogP contribution < -0.4 is 4.18 Å². The van der Waals surface area contributed by atoms with Crippen molar-refractivity contribution < 1.29 is 58.0 Å². The van der Waals surface area contributed by atoms with Crippen LogP contribution in [0.25, 0.3) is 11.1 Å². The minimum absolute atomic E-state index is 0.127. The first kappa shape index (κ1) is 31.7. The Labute approximate surface area is 241 Å². The summed E-state index contributed by atoms with van der Waals surface area (Å²) in [5.41, 5.74) is -6.98. The molecular formula is C28H23F6NO7S. The first-order chi connectivity index (χ1) is 20.0. The molecule has 0 radical (unpaired) electrons. The highest BCUT2D eigenvalue weighted by Crippen LogP contribution is 2.41. The van der Waals surface area contributed by atoms with Gasteiger partial charge in [-0.15, -0.1) is 0 Å².